The van der Waals surface area contributed by atoms with Crippen molar-refractivity contribution in [3.63, 3.8) is 0 Å². The van der Waals surface area contributed by atoms with Crippen molar-refractivity contribution in [2.45, 2.75) is 11.8 Å². The molecule has 0 aromatic heterocycles. The number of carbonyl (C=O) groups is 1. The molecule has 0 fully saturated rings. The summed E-state index contributed by atoms with van der Waals surface area (Å²) in [6.07, 6.45) is 1.25. The minimum absolute atomic E-state index is 0.000158. The molecule has 0 aliphatic rings. The molecule has 10 heteroatoms. The number of nitro benzene ring substituents is 1. The van der Waals surface area contributed by atoms with Gasteiger partial charge in [0.1, 0.15) is 22.3 Å². The zero-order chi connectivity index (χ0) is 24.0. The van der Waals surface area contributed by atoms with E-state index >= 15 is 0 Å². The van der Waals surface area contributed by atoms with E-state index in [4.69, 9.17) is 4.18 Å². The van der Waals surface area contributed by atoms with E-state index in [0.717, 1.165) is 0 Å². The number of rotatable bonds is 7. The average molecular weight is 463 g/mol. The second kappa shape index (κ2) is 9.76. The minimum atomic E-state index is -4.06. The molecule has 1 amide bonds. The number of benzene rings is 3. The molecule has 166 valence electrons. The number of amides is 1. The zero-order valence-electron chi connectivity index (χ0n) is 17.3. The van der Waals surface area contributed by atoms with Gasteiger partial charge in [-0.3, -0.25) is 14.9 Å². The fraction of sp³-hybridized carbons (Fsp3) is 0.0435. The van der Waals surface area contributed by atoms with Crippen LogP contribution in [0.3, 0.4) is 0 Å². The van der Waals surface area contributed by atoms with Crippen LogP contribution in [0, 0.1) is 28.4 Å². The summed E-state index contributed by atoms with van der Waals surface area (Å²) in [6.45, 7) is 1.66. The third kappa shape index (κ3) is 5.81. The highest BCUT2D eigenvalue weighted by atomic mass is 32.2. The molecule has 0 spiro atoms. The number of nitrogens with zero attached hydrogens (tertiary/aromatic N) is 2. The Labute approximate surface area is 189 Å². The molecule has 0 saturated carbocycles. The Morgan fingerprint density at radius 1 is 1.09 bits per heavy atom. The van der Waals surface area contributed by atoms with Crippen LogP contribution in [0.15, 0.2) is 83.3 Å². The lowest BCUT2D eigenvalue weighted by Gasteiger charge is -2.09. The van der Waals surface area contributed by atoms with Gasteiger partial charge in [0.25, 0.3) is 11.6 Å². The van der Waals surface area contributed by atoms with E-state index in [0.29, 0.717) is 11.1 Å². The van der Waals surface area contributed by atoms with E-state index in [-0.39, 0.29) is 27.6 Å². The molecule has 3 aromatic rings. The lowest BCUT2D eigenvalue weighted by Crippen LogP contribution is -2.14. The molecular formula is C23H17N3O6S. The predicted molar refractivity (Wildman–Crippen MR) is 121 cm³/mol. The lowest BCUT2D eigenvalue weighted by molar-refractivity contribution is -0.384. The Morgan fingerprint density at radius 3 is 2.48 bits per heavy atom. The Morgan fingerprint density at radius 2 is 1.82 bits per heavy atom. The van der Waals surface area contributed by atoms with Gasteiger partial charge in [0.05, 0.1) is 10.6 Å². The first-order valence-corrected chi connectivity index (χ1v) is 10.9. The topological polar surface area (TPSA) is 139 Å². The maximum atomic E-state index is 12.6. The number of aryl methyl sites for hydroxylation is 1. The number of anilines is 1. The van der Waals surface area contributed by atoms with Crippen LogP contribution in [0.25, 0.3) is 6.08 Å². The zero-order valence-corrected chi connectivity index (χ0v) is 18.1. The summed E-state index contributed by atoms with van der Waals surface area (Å²) in [6, 6.07) is 19.2. The van der Waals surface area contributed by atoms with Crippen LogP contribution in [0.5, 0.6) is 5.75 Å². The molecular weight excluding hydrogens is 446 g/mol. The summed E-state index contributed by atoms with van der Waals surface area (Å²) in [7, 11) is -4.06. The first-order valence-electron chi connectivity index (χ1n) is 9.47. The number of hydrogen-bond acceptors (Lipinski definition) is 7. The Hall–Kier alpha value is -4.49. The fourth-order valence-corrected chi connectivity index (χ4v) is 3.72. The Kier molecular flexibility index (Phi) is 6.85. The van der Waals surface area contributed by atoms with Crippen LogP contribution in [-0.2, 0) is 14.9 Å². The highest BCUT2D eigenvalue weighted by Gasteiger charge is 2.17. The molecule has 0 radical (unpaired) electrons. The van der Waals surface area contributed by atoms with E-state index in [1.807, 2.05) is 0 Å². The largest absolute Gasteiger partial charge is 0.379 e. The molecule has 3 rings (SSSR count). The number of nitriles is 1. The van der Waals surface area contributed by atoms with E-state index < -0.39 is 20.9 Å². The average Bonchev–Trinajstić information content (AvgIpc) is 2.79. The van der Waals surface area contributed by atoms with Gasteiger partial charge in [0.15, 0.2) is 0 Å². The van der Waals surface area contributed by atoms with Gasteiger partial charge in [-0.25, -0.2) is 0 Å². The molecule has 0 saturated heterocycles. The summed E-state index contributed by atoms with van der Waals surface area (Å²) in [4.78, 5) is 22.9. The third-order valence-electron chi connectivity index (χ3n) is 4.45. The molecule has 0 atom stereocenters. The maximum absolute atomic E-state index is 12.6. The first-order chi connectivity index (χ1) is 15.7. The van der Waals surface area contributed by atoms with Crippen molar-refractivity contribution >= 4 is 33.5 Å². The van der Waals surface area contributed by atoms with Gasteiger partial charge in [0.2, 0.25) is 0 Å². The van der Waals surface area contributed by atoms with E-state index in [1.165, 1.54) is 54.6 Å². The standard InChI is InChI=1S/C23H17N3O6S/c1-16-10-11-19(26(28)29)14-22(16)25-23(27)18(15-24)12-17-6-5-7-20(13-17)32-33(30,31)21-8-3-2-4-9-21/h2-14H,1H3,(H,25,27)/b18-12+. The highest BCUT2D eigenvalue weighted by Crippen LogP contribution is 2.24. The smallest absolute Gasteiger partial charge is 0.339 e. The van der Waals surface area contributed by atoms with Gasteiger partial charge in [-0.2, -0.15) is 13.7 Å². The second-order valence-electron chi connectivity index (χ2n) is 6.80. The van der Waals surface area contributed by atoms with Crippen molar-refractivity contribution in [1.82, 2.24) is 0 Å². The number of carbonyl (C=O) groups excluding carboxylic acids is 1. The Balaban J connectivity index is 1.83. The van der Waals surface area contributed by atoms with Crippen LogP contribution in [0.4, 0.5) is 11.4 Å². The van der Waals surface area contributed by atoms with Crippen LogP contribution >= 0.6 is 0 Å². The van der Waals surface area contributed by atoms with Gasteiger partial charge >= 0.3 is 10.1 Å². The van der Waals surface area contributed by atoms with Gasteiger partial charge in [0, 0.05) is 12.1 Å². The van der Waals surface area contributed by atoms with Gasteiger partial charge < -0.3 is 9.50 Å². The van der Waals surface area contributed by atoms with Gasteiger partial charge in [-0.1, -0.05) is 36.4 Å². The normalized spacial score (nSPS) is 11.3. The summed E-state index contributed by atoms with van der Waals surface area (Å²) in [5.74, 6) is -0.774. The van der Waals surface area contributed by atoms with Gasteiger partial charge in [-0.15, -0.1) is 0 Å². The van der Waals surface area contributed by atoms with Crippen molar-refractivity contribution in [1.29, 1.82) is 5.26 Å². The molecule has 1 N–H and O–H groups in total. The molecule has 9 nitrogen and oxygen atoms in total. The van der Waals surface area contributed by atoms with E-state index in [1.54, 1.807) is 37.3 Å². The van der Waals surface area contributed by atoms with Crippen LogP contribution in [0.1, 0.15) is 11.1 Å². The van der Waals surface area contributed by atoms with Gasteiger partial charge in [-0.05, 0) is 48.4 Å². The molecule has 3 aromatic carbocycles. The number of hydrogen-bond donors (Lipinski definition) is 1. The predicted octanol–water partition coefficient (Wildman–Crippen LogP) is 4.22. The highest BCUT2D eigenvalue weighted by molar-refractivity contribution is 7.87. The minimum Gasteiger partial charge on any atom is -0.379 e. The SMILES string of the molecule is Cc1ccc([N+](=O)[O-])cc1NC(=O)/C(C#N)=C/c1cccc(OS(=O)(=O)c2ccccc2)c1. The van der Waals surface area contributed by atoms with Crippen molar-refractivity contribution in [2.24, 2.45) is 0 Å². The third-order valence-corrected chi connectivity index (χ3v) is 5.71. The molecule has 0 aliphatic heterocycles. The second-order valence-corrected chi connectivity index (χ2v) is 8.35. The molecule has 0 unspecified atom stereocenters. The van der Waals surface area contributed by atoms with Crippen molar-refractivity contribution in [3.05, 3.63) is 99.6 Å². The first kappa shape index (κ1) is 23.2. The fourth-order valence-electron chi connectivity index (χ4n) is 2.78. The molecule has 33 heavy (non-hydrogen) atoms. The van der Waals surface area contributed by atoms with Crippen LogP contribution in [0.2, 0.25) is 0 Å². The van der Waals surface area contributed by atoms with Crippen molar-refractivity contribution in [2.75, 3.05) is 5.32 Å². The molecule has 0 aliphatic carbocycles. The monoisotopic (exact) mass is 463 g/mol. The van der Waals surface area contributed by atoms with Crippen LogP contribution < -0.4 is 9.50 Å². The number of nitro groups is 1. The van der Waals surface area contributed by atoms with E-state index in [9.17, 15) is 28.6 Å². The molecule has 0 heterocycles. The quantitative estimate of drug-likeness (QED) is 0.182. The van der Waals surface area contributed by atoms with Crippen molar-refractivity contribution in [3.8, 4) is 11.8 Å². The summed E-state index contributed by atoms with van der Waals surface area (Å²) in [5.41, 5.74) is 0.624. The maximum Gasteiger partial charge on any atom is 0.339 e. The summed E-state index contributed by atoms with van der Waals surface area (Å²) >= 11 is 0. The molecule has 0 bridgehead atoms. The van der Waals surface area contributed by atoms with Crippen LogP contribution in [-0.4, -0.2) is 19.2 Å². The summed E-state index contributed by atoms with van der Waals surface area (Å²) in [5, 5.41) is 22.9. The Bertz CT molecular complexity index is 1390. The number of nitrogens with one attached hydrogen (secondary N) is 1. The van der Waals surface area contributed by atoms with Crippen molar-refractivity contribution < 1.29 is 22.3 Å². The lowest BCUT2D eigenvalue weighted by atomic mass is 10.1. The van der Waals surface area contributed by atoms with E-state index in [2.05, 4.69) is 5.32 Å². The number of non-ortho nitro benzene ring substituents is 1. The summed E-state index contributed by atoms with van der Waals surface area (Å²) < 4.78 is 30.0.